The van der Waals surface area contributed by atoms with Crippen molar-refractivity contribution in [2.24, 2.45) is 5.73 Å². The molecule has 1 aromatic heterocycles. The molecule has 0 radical (unpaired) electrons. The first-order chi connectivity index (χ1) is 14.8. The highest BCUT2D eigenvalue weighted by molar-refractivity contribution is 6.30. The monoisotopic (exact) mass is 441 g/mol. The van der Waals surface area contributed by atoms with Crippen LogP contribution in [0.3, 0.4) is 0 Å². The molecule has 2 aliphatic rings. The molecule has 31 heavy (non-hydrogen) atoms. The third-order valence-corrected chi connectivity index (χ3v) is 7.29. The van der Waals surface area contributed by atoms with Crippen LogP contribution in [0.4, 0.5) is 5.82 Å². The summed E-state index contributed by atoms with van der Waals surface area (Å²) in [6.45, 7) is 8.99. The van der Waals surface area contributed by atoms with E-state index < -0.39 is 5.41 Å². The van der Waals surface area contributed by atoms with Crippen LogP contribution in [0, 0.1) is 0 Å². The Kier molecular flexibility index (Phi) is 6.22. The maximum Gasteiger partial charge on any atom is 0.233 e. The van der Waals surface area contributed by atoms with E-state index in [1.54, 1.807) is 6.33 Å². The number of carbonyl (C=O) groups is 1. The smallest absolute Gasteiger partial charge is 0.233 e. The molecule has 0 spiro atoms. The summed E-state index contributed by atoms with van der Waals surface area (Å²) >= 11 is 6.07. The van der Waals surface area contributed by atoms with Crippen LogP contribution in [0.25, 0.3) is 0 Å². The summed E-state index contributed by atoms with van der Waals surface area (Å²) in [6.07, 6.45) is 4.44. The second-order valence-corrected chi connectivity index (χ2v) is 9.61. The maximum absolute atomic E-state index is 13.7. The molecule has 2 heterocycles. The largest absolute Gasteiger partial charge is 0.350 e. The van der Waals surface area contributed by atoms with E-state index in [2.05, 4.69) is 28.7 Å². The van der Waals surface area contributed by atoms with Gasteiger partial charge in [0.25, 0.3) is 0 Å². The van der Waals surface area contributed by atoms with Gasteiger partial charge >= 0.3 is 0 Å². The van der Waals surface area contributed by atoms with Crippen molar-refractivity contribution in [1.29, 1.82) is 0 Å². The topological polar surface area (TPSA) is 75.4 Å². The average Bonchev–Trinajstić information content (AvgIpc) is 3.15. The molecule has 1 fully saturated rings. The van der Waals surface area contributed by atoms with Gasteiger partial charge in [-0.2, -0.15) is 0 Å². The molecule has 7 heteroatoms. The standard InChI is InChI=1S/C24H32ClN5O/c1-16-4-9-20-21(16)22(28-15-27-20)30-13-12-29(14-17(30)2)23(31)24(3,10-11-26)18-5-7-19(25)8-6-18/h5-8,15-17H,4,9-14,26H2,1-3H3/t16-,17+,24?/m1/s1. The lowest BCUT2D eigenvalue weighted by atomic mass is 9.78. The Morgan fingerprint density at radius 3 is 2.65 bits per heavy atom. The molecule has 1 saturated heterocycles. The Bertz CT molecular complexity index is 949. The summed E-state index contributed by atoms with van der Waals surface area (Å²) < 4.78 is 0. The van der Waals surface area contributed by atoms with E-state index in [1.165, 1.54) is 11.3 Å². The van der Waals surface area contributed by atoms with Crippen molar-refractivity contribution in [3.05, 3.63) is 52.4 Å². The number of halogens is 1. The highest BCUT2D eigenvalue weighted by atomic mass is 35.5. The summed E-state index contributed by atoms with van der Waals surface area (Å²) in [7, 11) is 0. The third-order valence-electron chi connectivity index (χ3n) is 7.04. The molecular weight excluding hydrogens is 410 g/mol. The number of aromatic nitrogens is 2. The molecule has 4 rings (SSSR count). The number of carbonyl (C=O) groups excluding carboxylic acids is 1. The number of nitrogens with two attached hydrogens (primary N) is 1. The molecule has 6 nitrogen and oxygen atoms in total. The van der Waals surface area contributed by atoms with E-state index in [4.69, 9.17) is 17.3 Å². The number of benzene rings is 1. The van der Waals surface area contributed by atoms with Crippen molar-refractivity contribution in [2.45, 2.75) is 57.4 Å². The average molecular weight is 442 g/mol. The second kappa shape index (κ2) is 8.75. The van der Waals surface area contributed by atoms with Crippen LogP contribution in [-0.4, -0.2) is 53.0 Å². The maximum atomic E-state index is 13.7. The molecule has 2 N–H and O–H groups in total. The van der Waals surface area contributed by atoms with Gasteiger partial charge in [-0.05, 0) is 63.3 Å². The Morgan fingerprint density at radius 1 is 1.23 bits per heavy atom. The summed E-state index contributed by atoms with van der Waals surface area (Å²) in [4.78, 5) is 27.2. The summed E-state index contributed by atoms with van der Waals surface area (Å²) in [5.41, 5.74) is 8.70. The fourth-order valence-electron chi connectivity index (χ4n) is 5.14. The first kappa shape index (κ1) is 22.0. The SMILES string of the molecule is C[C@@H]1CCc2ncnc(N3CCN(C(=O)C(C)(CCN)c4ccc(Cl)cc4)C[C@@H]3C)c21. The molecule has 1 aliphatic carbocycles. The molecular formula is C24H32ClN5O. The highest BCUT2D eigenvalue weighted by Gasteiger charge is 2.40. The Hall–Kier alpha value is -2.18. The number of hydrogen-bond acceptors (Lipinski definition) is 5. The van der Waals surface area contributed by atoms with Gasteiger partial charge in [-0.25, -0.2) is 9.97 Å². The van der Waals surface area contributed by atoms with Crippen LogP contribution in [0.2, 0.25) is 5.02 Å². The van der Waals surface area contributed by atoms with Gasteiger partial charge in [0.15, 0.2) is 0 Å². The van der Waals surface area contributed by atoms with Crippen molar-refractivity contribution in [3.63, 3.8) is 0 Å². The van der Waals surface area contributed by atoms with Gasteiger partial charge in [0.05, 0.1) is 5.41 Å². The fraction of sp³-hybridized carbons (Fsp3) is 0.542. The molecule has 1 amide bonds. The molecule has 0 saturated carbocycles. The molecule has 3 atom stereocenters. The van der Waals surface area contributed by atoms with Gasteiger partial charge in [0.1, 0.15) is 12.1 Å². The molecule has 0 bridgehead atoms. The van der Waals surface area contributed by atoms with Gasteiger partial charge in [-0.3, -0.25) is 4.79 Å². The van der Waals surface area contributed by atoms with E-state index in [1.807, 2.05) is 36.1 Å². The van der Waals surface area contributed by atoms with E-state index in [0.29, 0.717) is 37.0 Å². The van der Waals surface area contributed by atoms with E-state index in [9.17, 15) is 4.79 Å². The van der Waals surface area contributed by atoms with Crippen LogP contribution in [0.5, 0.6) is 0 Å². The lowest BCUT2D eigenvalue weighted by molar-refractivity contribution is -0.138. The first-order valence-electron chi connectivity index (χ1n) is 11.2. The number of rotatable bonds is 5. The highest BCUT2D eigenvalue weighted by Crippen LogP contribution is 2.38. The predicted molar refractivity (Wildman–Crippen MR) is 125 cm³/mol. The van der Waals surface area contributed by atoms with Gasteiger partial charge < -0.3 is 15.5 Å². The number of nitrogens with zero attached hydrogens (tertiary/aromatic N) is 4. The number of hydrogen-bond donors (Lipinski definition) is 1. The minimum absolute atomic E-state index is 0.132. The lowest BCUT2D eigenvalue weighted by Gasteiger charge is -2.44. The van der Waals surface area contributed by atoms with Crippen LogP contribution in [-0.2, 0) is 16.6 Å². The molecule has 1 aliphatic heterocycles. The molecule has 1 aromatic carbocycles. The van der Waals surface area contributed by atoms with Crippen molar-refractivity contribution >= 4 is 23.3 Å². The van der Waals surface area contributed by atoms with Crippen LogP contribution >= 0.6 is 11.6 Å². The Morgan fingerprint density at radius 2 is 1.97 bits per heavy atom. The van der Waals surface area contributed by atoms with Crippen LogP contribution in [0.1, 0.15) is 56.4 Å². The van der Waals surface area contributed by atoms with E-state index in [0.717, 1.165) is 30.8 Å². The third kappa shape index (κ3) is 4.03. The number of fused-ring (bicyclic) bond motifs is 1. The lowest BCUT2D eigenvalue weighted by Crippen LogP contribution is -2.58. The first-order valence-corrected chi connectivity index (χ1v) is 11.6. The van der Waals surface area contributed by atoms with Crippen molar-refractivity contribution in [2.75, 3.05) is 31.1 Å². The quantitative estimate of drug-likeness (QED) is 0.768. The minimum atomic E-state index is -0.661. The zero-order valence-corrected chi connectivity index (χ0v) is 19.4. The van der Waals surface area contributed by atoms with Gasteiger partial charge in [-0.1, -0.05) is 30.7 Å². The minimum Gasteiger partial charge on any atom is -0.350 e. The van der Waals surface area contributed by atoms with E-state index in [-0.39, 0.29) is 11.9 Å². The zero-order valence-electron chi connectivity index (χ0n) is 18.6. The van der Waals surface area contributed by atoms with Crippen molar-refractivity contribution in [1.82, 2.24) is 14.9 Å². The Balaban J connectivity index is 1.55. The van der Waals surface area contributed by atoms with Gasteiger partial charge in [-0.15, -0.1) is 0 Å². The molecule has 166 valence electrons. The zero-order chi connectivity index (χ0) is 22.2. The van der Waals surface area contributed by atoms with Crippen LogP contribution < -0.4 is 10.6 Å². The second-order valence-electron chi connectivity index (χ2n) is 9.17. The number of aryl methyl sites for hydroxylation is 1. The normalized spacial score (nSPS) is 22.9. The Labute approximate surface area is 189 Å². The van der Waals surface area contributed by atoms with Crippen molar-refractivity contribution < 1.29 is 4.79 Å². The molecule has 1 unspecified atom stereocenters. The number of amides is 1. The fourth-order valence-corrected chi connectivity index (χ4v) is 5.26. The summed E-state index contributed by atoms with van der Waals surface area (Å²) in [5.74, 6) is 1.67. The molecule has 2 aromatic rings. The number of piperazine rings is 1. The van der Waals surface area contributed by atoms with Gasteiger partial charge in [0.2, 0.25) is 5.91 Å². The van der Waals surface area contributed by atoms with Gasteiger partial charge in [0, 0.05) is 42.0 Å². The van der Waals surface area contributed by atoms with Crippen LogP contribution in [0.15, 0.2) is 30.6 Å². The summed E-state index contributed by atoms with van der Waals surface area (Å²) in [5, 5.41) is 0.667. The number of anilines is 1. The summed E-state index contributed by atoms with van der Waals surface area (Å²) in [6, 6.07) is 7.76. The predicted octanol–water partition coefficient (Wildman–Crippen LogP) is 3.52. The van der Waals surface area contributed by atoms with E-state index >= 15 is 0 Å². The van der Waals surface area contributed by atoms with Crippen molar-refractivity contribution in [3.8, 4) is 0 Å².